The Morgan fingerprint density at radius 3 is 2.52 bits per heavy atom. The van der Waals surface area contributed by atoms with E-state index in [1.165, 1.54) is 23.2 Å². The van der Waals surface area contributed by atoms with E-state index >= 15 is 0 Å². The van der Waals surface area contributed by atoms with Gasteiger partial charge in [0, 0.05) is 23.5 Å². The Morgan fingerprint density at radius 2 is 1.74 bits per heavy atom. The summed E-state index contributed by atoms with van der Waals surface area (Å²) in [6.45, 7) is -0.0736. The molecule has 114 valence electrons. The van der Waals surface area contributed by atoms with Crippen molar-refractivity contribution >= 4 is 11.6 Å². The standard InChI is InChI=1S/C18H15N3O2/c22-17(12-21-13-19-11-10-18(21)23)20-16-9-5-4-8-15(16)14-6-2-1-3-7-14/h1-11,13H,12H2,(H,20,22). The molecular formula is C18H15N3O2. The lowest BCUT2D eigenvalue weighted by molar-refractivity contribution is -0.116. The van der Waals surface area contributed by atoms with E-state index in [9.17, 15) is 9.59 Å². The van der Waals surface area contributed by atoms with Crippen LogP contribution in [0.25, 0.3) is 11.1 Å². The van der Waals surface area contributed by atoms with Crippen molar-refractivity contribution in [3.63, 3.8) is 0 Å². The van der Waals surface area contributed by atoms with Gasteiger partial charge in [0.25, 0.3) is 5.56 Å². The van der Waals surface area contributed by atoms with Gasteiger partial charge in [-0.25, -0.2) is 4.98 Å². The number of aromatic nitrogens is 2. The third-order valence-electron chi connectivity index (χ3n) is 3.39. The van der Waals surface area contributed by atoms with Gasteiger partial charge in [0.15, 0.2) is 0 Å². The number of amides is 1. The average Bonchev–Trinajstić information content (AvgIpc) is 2.58. The summed E-state index contributed by atoms with van der Waals surface area (Å²) in [4.78, 5) is 27.7. The maximum Gasteiger partial charge on any atom is 0.253 e. The summed E-state index contributed by atoms with van der Waals surface area (Å²) in [5.74, 6) is -0.275. The molecule has 2 aromatic carbocycles. The first-order valence-corrected chi connectivity index (χ1v) is 7.19. The fourth-order valence-corrected chi connectivity index (χ4v) is 2.30. The third-order valence-corrected chi connectivity index (χ3v) is 3.39. The van der Waals surface area contributed by atoms with Crippen molar-refractivity contribution in [2.75, 3.05) is 5.32 Å². The Hall–Kier alpha value is -3.21. The Kier molecular flexibility index (Phi) is 4.29. The molecule has 5 heteroatoms. The van der Waals surface area contributed by atoms with E-state index in [1.54, 1.807) is 0 Å². The maximum atomic E-state index is 12.2. The lowest BCUT2D eigenvalue weighted by Crippen LogP contribution is -2.27. The summed E-state index contributed by atoms with van der Waals surface area (Å²) in [7, 11) is 0. The average molecular weight is 305 g/mol. The molecule has 1 N–H and O–H groups in total. The monoisotopic (exact) mass is 305 g/mol. The molecule has 0 spiro atoms. The molecular weight excluding hydrogens is 290 g/mol. The number of benzene rings is 2. The number of hydrogen-bond acceptors (Lipinski definition) is 3. The minimum absolute atomic E-state index is 0.0736. The highest BCUT2D eigenvalue weighted by Gasteiger charge is 2.09. The summed E-state index contributed by atoms with van der Waals surface area (Å²) in [6, 6.07) is 18.7. The number of rotatable bonds is 4. The molecule has 0 aliphatic carbocycles. The molecule has 1 heterocycles. The van der Waals surface area contributed by atoms with Crippen LogP contribution in [0.15, 0.2) is 78.0 Å². The summed E-state index contributed by atoms with van der Waals surface area (Å²) in [5.41, 5.74) is 2.40. The van der Waals surface area contributed by atoms with Crippen LogP contribution in [0.2, 0.25) is 0 Å². The van der Waals surface area contributed by atoms with Crippen molar-refractivity contribution in [1.82, 2.24) is 9.55 Å². The third kappa shape index (κ3) is 3.52. The number of carbonyl (C=O) groups excluding carboxylic acids is 1. The van der Waals surface area contributed by atoms with Crippen molar-refractivity contribution in [2.24, 2.45) is 0 Å². The molecule has 3 rings (SSSR count). The number of anilines is 1. The van der Waals surface area contributed by atoms with Crippen LogP contribution in [0.5, 0.6) is 0 Å². The molecule has 0 aliphatic rings. The van der Waals surface area contributed by atoms with Gasteiger partial charge in [0.2, 0.25) is 5.91 Å². The highest BCUT2D eigenvalue weighted by molar-refractivity contribution is 5.95. The zero-order valence-electron chi connectivity index (χ0n) is 12.3. The second-order valence-electron chi connectivity index (χ2n) is 5.01. The van der Waals surface area contributed by atoms with Gasteiger partial charge in [-0.05, 0) is 11.6 Å². The first kappa shape index (κ1) is 14.7. The fraction of sp³-hybridized carbons (Fsp3) is 0.0556. The largest absolute Gasteiger partial charge is 0.324 e. The van der Waals surface area contributed by atoms with Crippen molar-refractivity contribution in [3.8, 4) is 11.1 Å². The van der Waals surface area contributed by atoms with Gasteiger partial charge in [-0.3, -0.25) is 14.2 Å². The van der Waals surface area contributed by atoms with Gasteiger partial charge >= 0.3 is 0 Å². The summed E-state index contributed by atoms with van der Waals surface area (Å²) in [5, 5.41) is 2.86. The Balaban J connectivity index is 1.82. The Labute approximate surface area is 133 Å². The molecule has 3 aromatic rings. The molecule has 0 atom stereocenters. The normalized spacial score (nSPS) is 10.3. The molecule has 0 aliphatic heterocycles. The van der Waals surface area contributed by atoms with Crippen LogP contribution in [0.4, 0.5) is 5.69 Å². The predicted molar refractivity (Wildman–Crippen MR) is 89.0 cm³/mol. The van der Waals surface area contributed by atoms with Crippen molar-refractivity contribution < 1.29 is 4.79 Å². The molecule has 0 saturated carbocycles. The van der Waals surface area contributed by atoms with E-state index in [4.69, 9.17) is 0 Å². The highest BCUT2D eigenvalue weighted by Crippen LogP contribution is 2.27. The van der Waals surface area contributed by atoms with E-state index < -0.39 is 0 Å². The van der Waals surface area contributed by atoms with E-state index in [0.29, 0.717) is 5.69 Å². The van der Waals surface area contributed by atoms with E-state index in [-0.39, 0.29) is 18.0 Å². The number of carbonyl (C=O) groups is 1. The topological polar surface area (TPSA) is 64.0 Å². The number of nitrogens with zero attached hydrogens (tertiary/aromatic N) is 2. The van der Waals surface area contributed by atoms with E-state index in [2.05, 4.69) is 10.3 Å². The quantitative estimate of drug-likeness (QED) is 0.805. The van der Waals surface area contributed by atoms with Crippen molar-refractivity contribution in [2.45, 2.75) is 6.54 Å². The zero-order valence-corrected chi connectivity index (χ0v) is 12.3. The zero-order chi connectivity index (χ0) is 16.1. The lowest BCUT2D eigenvalue weighted by Gasteiger charge is -2.11. The number of hydrogen-bond donors (Lipinski definition) is 1. The number of para-hydroxylation sites is 1. The molecule has 0 saturated heterocycles. The van der Waals surface area contributed by atoms with E-state index in [0.717, 1.165) is 11.1 Å². The van der Waals surface area contributed by atoms with Gasteiger partial charge in [-0.1, -0.05) is 48.5 Å². The summed E-state index contributed by atoms with van der Waals surface area (Å²) < 4.78 is 1.26. The van der Waals surface area contributed by atoms with Gasteiger partial charge in [-0.2, -0.15) is 0 Å². The van der Waals surface area contributed by atoms with Crippen LogP contribution in [-0.4, -0.2) is 15.5 Å². The van der Waals surface area contributed by atoms with Gasteiger partial charge in [-0.15, -0.1) is 0 Å². The molecule has 0 radical (unpaired) electrons. The molecule has 0 bridgehead atoms. The Morgan fingerprint density at radius 1 is 1.00 bits per heavy atom. The van der Waals surface area contributed by atoms with Crippen LogP contribution in [0.1, 0.15) is 0 Å². The van der Waals surface area contributed by atoms with Crippen LogP contribution in [-0.2, 0) is 11.3 Å². The molecule has 23 heavy (non-hydrogen) atoms. The van der Waals surface area contributed by atoms with E-state index in [1.807, 2.05) is 54.6 Å². The molecule has 1 amide bonds. The molecule has 0 unspecified atom stereocenters. The highest BCUT2D eigenvalue weighted by atomic mass is 16.2. The molecule has 5 nitrogen and oxygen atoms in total. The lowest BCUT2D eigenvalue weighted by atomic mass is 10.0. The Bertz CT molecular complexity index is 872. The first-order valence-electron chi connectivity index (χ1n) is 7.19. The first-order chi connectivity index (χ1) is 11.2. The minimum Gasteiger partial charge on any atom is -0.324 e. The SMILES string of the molecule is O=C(Cn1cnccc1=O)Nc1ccccc1-c1ccccc1. The smallest absolute Gasteiger partial charge is 0.253 e. The number of nitrogens with one attached hydrogen (secondary N) is 1. The van der Waals surface area contributed by atoms with Crippen LogP contribution in [0.3, 0.4) is 0 Å². The second kappa shape index (κ2) is 6.70. The van der Waals surface area contributed by atoms with Crippen LogP contribution in [0, 0.1) is 0 Å². The van der Waals surface area contributed by atoms with Crippen molar-refractivity contribution in [1.29, 1.82) is 0 Å². The second-order valence-corrected chi connectivity index (χ2v) is 5.01. The predicted octanol–water partition coefficient (Wildman–Crippen LogP) is 2.55. The van der Waals surface area contributed by atoms with Crippen LogP contribution < -0.4 is 10.9 Å². The minimum atomic E-state index is -0.275. The van der Waals surface area contributed by atoms with Crippen molar-refractivity contribution in [3.05, 3.63) is 83.5 Å². The van der Waals surface area contributed by atoms with Gasteiger partial charge in [0.1, 0.15) is 6.54 Å². The fourth-order valence-electron chi connectivity index (χ4n) is 2.30. The van der Waals surface area contributed by atoms with Gasteiger partial charge in [0.05, 0.1) is 6.33 Å². The molecule has 0 fully saturated rings. The summed E-state index contributed by atoms with van der Waals surface area (Å²) in [6.07, 6.45) is 2.76. The van der Waals surface area contributed by atoms with Crippen LogP contribution >= 0.6 is 0 Å². The maximum absolute atomic E-state index is 12.2. The summed E-state index contributed by atoms with van der Waals surface area (Å²) >= 11 is 0. The molecule has 1 aromatic heterocycles. The van der Waals surface area contributed by atoms with Gasteiger partial charge < -0.3 is 5.32 Å².